The topological polar surface area (TPSA) is 61.4 Å². The number of carbonyl (C=O) groups excluding carboxylic acids is 1. The first-order valence-corrected chi connectivity index (χ1v) is 8.17. The van der Waals surface area contributed by atoms with Gasteiger partial charge in [-0.25, -0.2) is 9.97 Å². The highest BCUT2D eigenvalue weighted by molar-refractivity contribution is 5.92. The molecule has 0 bridgehead atoms. The summed E-state index contributed by atoms with van der Waals surface area (Å²) >= 11 is 0. The summed E-state index contributed by atoms with van der Waals surface area (Å²) < 4.78 is 0. The maximum absolute atomic E-state index is 12.5. The lowest BCUT2D eigenvalue weighted by atomic mass is 10.2. The van der Waals surface area contributed by atoms with Crippen LogP contribution in [-0.2, 0) is 0 Å². The highest BCUT2D eigenvalue weighted by Gasteiger charge is 2.18. The van der Waals surface area contributed by atoms with Gasteiger partial charge in [-0.1, -0.05) is 12.8 Å². The van der Waals surface area contributed by atoms with Crippen LogP contribution in [0.5, 0.6) is 0 Å². The highest BCUT2D eigenvalue weighted by atomic mass is 16.2. The Morgan fingerprint density at radius 2 is 1.95 bits per heavy atom. The Bertz CT molecular complexity index is 469. The first-order valence-electron chi connectivity index (χ1n) is 8.17. The maximum atomic E-state index is 12.5. The van der Waals surface area contributed by atoms with Gasteiger partial charge in [-0.05, 0) is 39.9 Å². The van der Waals surface area contributed by atoms with Crippen LogP contribution in [0.4, 0.5) is 5.82 Å². The van der Waals surface area contributed by atoms with Crippen LogP contribution in [-0.4, -0.2) is 65.9 Å². The molecule has 0 unspecified atom stereocenters. The van der Waals surface area contributed by atoms with Gasteiger partial charge >= 0.3 is 0 Å². The van der Waals surface area contributed by atoms with Crippen molar-refractivity contribution in [2.45, 2.75) is 32.1 Å². The highest BCUT2D eigenvalue weighted by Crippen LogP contribution is 2.13. The molecule has 122 valence electrons. The average Bonchev–Trinajstić information content (AvgIpc) is 2.80. The molecule has 2 heterocycles. The van der Waals surface area contributed by atoms with Crippen molar-refractivity contribution in [1.29, 1.82) is 0 Å². The third kappa shape index (κ3) is 5.26. The van der Waals surface area contributed by atoms with E-state index in [0.717, 1.165) is 51.3 Å². The quantitative estimate of drug-likeness (QED) is 0.813. The third-order valence-corrected chi connectivity index (χ3v) is 3.87. The molecule has 6 heteroatoms. The fraction of sp³-hybridized carbons (Fsp3) is 0.688. The van der Waals surface area contributed by atoms with Gasteiger partial charge in [0.05, 0.1) is 0 Å². The molecule has 2 rings (SSSR count). The lowest BCUT2D eigenvalue weighted by Gasteiger charge is -2.19. The summed E-state index contributed by atoms with van der Waals surface area (Å²) in [7, 11) is 4.12. The lowest BCUT2D eigenvalue weighted by Crippen LogP contribution is -2.32. The van der Waals surface area contributed by atoms with Crippen molar-refractivity contribution in [2.24, 2.45) is 0 Å². The molecule has 0 radical (unpaired) electrons. The predicted octanol–water partition coefficient (Wildman–Crippen LogP) is 1.86. The molecule has 1 aliphatic rings. The molecule has 0 aromatic carbocycles. The Morgan fingerprint density at radius 1 is 1.23 bits per heavy atom. The second kappa shape index (κ2) is 8.68. The van der Waals surface area contributed by atoms with E-state index in [9.17, 15) is 4.79 Å². The SMILES string of the molecule is CN(C)CCCNc1cc(C(=O)N2CCCCCC2)ncn1. The zero-order valence-electron chi connectivity index (χ0n) is 13.7. The number of aromatic nitrogens is 2. The molecule has 22 heavy (non-hydrogen) atoms. The minimum absolute atomic E-state index is 0.0284. The number of hydrogen-bond donors (Lipinski definition) is 1. The molecule has 1 aromatic rings. The van der Waals surface area contributed by atoms with E-state index in [1.165, 1.54) is 19.2 Å². The third-order valence-electron chi connectivity index (χ3n) is 3.87. The van der Waals surface area contributed by atoms with Crippen LogP contribution in [0.1, 0.15) is 42.6 Å². The van der Waals surface area contributed by atoms with E-state index in [4.69, 9.17) is 0 Å². The second-order valence-corrected chi connectivity index (χ2v) is 6.08. The van der Waals surface area contributed by atoms with Crippen LogP contribution in [0, 0.1) is 0 Å². The summed E-state index contributed by atoms with van der Waals surface area (Å²) in [5.74, 6) is 0.757. The van der Waals surface area contributed by atoms with E-state index in [1.54, 1.807) is 6.07 Å². The van der Waals surface area contributed by atoms with Gasteiger partial charge in [-0.2, -0.15) is 0 Å². The molecule has 0 saturated carbocycles. The van der Waals surface area contributed by atoms with Gasteiger partial charge < -0.3 is 15.1 Å². The summed E-state index contributed by atoms with van der Waals surface area (Å²) in [6, 6.07) is 1.77. The fourth-order valence-electron chi connectivity index (χ4n) is 2.62. The number of rotatable bonds is 6. The monoisotopic (exact) mass is 305 g/mol. The van der Waals surface area contributed by atoms with E-state index in [0.29, 0.717) is 5.69 Å². The van der Waals surface area contributed by atoms with Crippen molar-refractivity contribution in [1.82, 2.24) is 19.8 Å². The predicted molar refractivity (Wildman–Crippen MR) is 88.1 cm³/mol. The number of hydrogen-bond acceptors (Lipinski definition) is 5. The maximum Gasteiger partial charge on any atom is 0.272 e. The minimum atomic E-state index is 0.0284. The molecule has 1 fully saturated rings. The fourth-order valence-corrected chi connectivity index (χ4v) is 2.62. The molecule has 0 spiro atoms. The standard InChI is InChI=1S/C16H27N5O/c1-20(2)9-7-8-17-15-12-14(18-13-19-15)16(22)21-10-5-3-4-6-11-21/h12-13H,3-11H2,1-2H3,(H,17,18,19). The number of likely N-dealkylation sites (tertiary alicyclic amines) is 1. The van der Waals surface area contributed by atoms with Crippen LogP contribution in [0.15, 0.2) is 12.4 Å². The summed E-state index contributed by atoms with van der Waals surface area (Å²) in [4.78, 5) is 24.9. The second-order valence-electron chi connectivity index (χ2n) is 6.08. The van der Waals surface area contributed by atoms with Gasteiger partial charge in [0.1, 0.15) is 17.8 Å². The van der Waals surface area contributed by atoms with Crippen molar-refractivity contribution in [3.8, 4) is 0 Å². The minimum Gasteiger partial charge on any atom is -0.370 e. The van der Waals surface area contributed by atoms with E-state index in [2.05, 4.69) is 34.3 Å². The van der Waals surface area contributed by atoms with Crippen molar-refractivity contribution in [3.63, 3.8) is 0 Å². The van der Waals surface area contributed by atoms with Gasteiger partial charge in [0.2, 0.25) is 0 Å². The number of nitrogens with zero attached hydrogens (tertiary/aromatic N) is 4. The van der Waals surface area contributed by atoms with Gasteiger partial charge in [0, 0.05) is 25.7 Å². The van der Waals surface area contributed by atoms with E-state index in [-0.39, 0.29) is 5.91 Å². The number of carbonyl (C=O) groups is 1. The van der Waals surface area contributed by atoms with Crippen molar-refractivity contribution in [3.05, 3.63) is 18.1 Å². The van der Waals surface area contributed by atoms with Crippen LogP contribution in [0.3, 0.4) is 0 Å². The summed E-state index contributed by atoms with van der Waals surface area (Å²) in [5.41, 5.74) is 0.493. The molecular formula is C16H27N5O. The summed E-state index contributed by atoms with van der Waals surface area (Å²) in [6.07, 6.45) is 7.11. The zero-order valence-corrected chi connectivity index (χ0v) is 13.7. The molecule has 0 aliphatic carbocycles. The summed E-state index contributed by atoms with van der Waals surface area (Å²) in [5, 5.41) is 3.26. The number of amides is 1. The van der Waals surface area contributed by atoms with Gasteiger partial charge in [0.25, 0.3) is 5.91 Å². The van der Waals surface area contributed by atoms with E-state index >= 15 is 0 Å². The van der Waals surface area contributed by atoms with Crippen LogP contribution in [0.25, 0.3) is 0 Å². The van der Waals surface area contributed by atoms with Crippen molar-refractivity contribution in [2.75, 3.05) is 45.6 Å². The van der Waals surface area contributed by atoms with Gasteiger partial charge in [-0.3, -0.25) is 4.79 Å². The largest absolute Gasteiger partial charge is 0.370 e. The molecule has 1 aromatic heterocycles. The van der Waals surface area contributed by atoms with E-state index < -0.39 is 0 Å². The zero-order chi connectivity index (χ0) is 15.8. The molecule has 1 aliphatic heterocycles. The first-order chi connectivity index (χ1) is 10.7. The van der Waals surface area contributed by atoms with Crippen LogP contribution in [0.2, 0.25) is 0 Å². The Balaban J connectivity index is 1.90. The Morgan fingerprint density at radius 3 is 2.64 bits per heavy atom. The van der Waals surface area contributed by atoms with E-state index in [1.807, 2.05) is 4.90 Å². The van der Waals surface area contributed by atoms with Crippen LogP contribution < -0.4 is 5.32 Å². The van der Waals surface area contributed by atoms with Gasteiger partial charge in [-0.15, -0.1) is 0 Å². The molecule has 1 saturated heterocycles. The number of nitrogens with one attached hydrogen (secondary N) is 1. The Labute approximate surface area is 132 Å². The van der Waals surface area contributed by atoms with Gasteiger partial charge in [0.15, 0.2) is 0 Å². The normalized spacial score (nSPS) is 15.7. The average molecular weight is 305 g/mol. The van der Waals surface area contributed by atoms with Crippen LogP contribution >= 0.6 is 0 Å². The molecule has 0 atom stereocenters. The molecular weight excluding hydrogens is 278 g/mol. The summed E-state index contributed by atoms with van der Waals surface area (Å²) in [6.45, 7) is 3.55. The first kappa shape index (κ1) is 16.7. The number of anilines is 1. The molecule has 6 nitrogen and oxygen atoms in total. The Kier molecular flexibility index (Phi) is 6.58. The Hall–Kier alpha value is -1.69. The van der Waals surface area contributed by atoms with Crippen molar-refractivity contribution >= 4 is 11.7 Å². The smallest absolute Gasteiger partial charge is 0.272 e. The van der Waals surface area contributed by atoms with Crippen molar-refractivity contribution < 1.29 is 4.79 Å². The lowest BCUT2D eigenvalue weighted by molar-refractivity contribution is 0.0755. The molecule has 1 amide bonds. The molecule has 1 N–H and O–H groups in total.